The lowest BCUT2D eigenvalue weighted by atomic mass is 10.0. The van der Waals surface area contributed by atoms with Gasteiger partial charge in [-0.05, 0) is 42.7 Å². The van der Waals surface area contributed by atoms with Crippen molar-refractivity contribution in [1.82, 2.24) is 4.90 Å². The Morgan fingerprint density at radius 1 is 1.05 bits per heavy atom. The lowest BCUT2D eigenvalue weighted by Crippen LogP contribution is -2.27. The molecule has 0 heterocycles. The molecule has 0 saturated heterocycles. The van der Waals surface area contributed by atoms with Crippen LogP contribution in [0, 0.1) is 13.8 Å². The number of carbonyl (C=O) groups is 1. The molecule has 0 saturated carbocycles. The summed E-state index contributed by atoms with van der Waals surface area (Å²) in [6.45, 7) is 4.57. The first-order valence-corrected chi connectivity index (χ1v) is 7.34. The van der Waals surface area contributed by atoms with Gasteiger partial charge in [0, 0.05) is 23.6 Å². The molecule has 3 heteroatoms. The molecule has 2 nitrogen and oxygen atoms in total. The van der Waals surface area contributed by atoms with Gasteiger partial charge in [-0.3, -0.25) is 4.79 Å². The Balaban J connectivity index is 2.18. The van der Waals surface area contributed by atoms with E-state index in [-0.39, 0.29) is 5.91 Å². The van der Waals surface area contributed by atoms with Crippen LogP contribution in [0.2, 0.25) is 0 Å². The largest absolute Gasteiger partial charge is 0.337 e. The van der Waals surface area contributed by atoms with Crippen LogP contribution in [0.4, 0.5) is 0 Å². The van der Waals surface area contributed by atoms with Crippen molar-refractivity contribution in [3.63, 3.8) is 0 Å². The highest BCUT2D eigenvalue weighted by Crippen LogP contribution is 2.17. The van der Waals surface area contributed by atoms with Gasteiger partial charge in [-0.2, -0.15) is 0 Å². The maximum absolute atomic E-state index is 12.6. The van der Waals surface area contributed by atoms with Gasteiger partial charge in [-0.25, -0.2) is 0 Å². The highest BCUT2D eigenvalue weighted by atomic mass is 79.9. The average Bonchev–Trinajstić information content (AvgIpc) is 2.41. The number of rotatable bonds is 3. The molecule has 0 aliphatic heterocycles. The molecule has 2 aromatic rings. The minimum Gasteiger partial charge on any atom is -0.337 e. The molecular weight excluding hydrogens is 314 g/mol. The fraction of sp³-hybridized carbons (Fsp3) is 0.235. The molecule has 0 aliphatic carbocycles. The molecule has 0 atom stereocenters. The second-order valence-electron chi connectivity index (χ2n) is 5.05. The first kappa shape index (κ1) is 14.8. The fourth-order valence-corrected chi connectivity index (χ4v) is 2.54. The Labute approximate surface area is 128 Å². The van der Waals surface area contributed by atoms with Crippen LogP contribution in [0.15, 0.2) is 46.9 Å². The van der Waals surface area contributed by atoms with Crippen molar-refractivity contribution in [3.05, 3.63) is 69.2 Å². The highest BCUT2D eigenvalue weighted by molar-refractivity contribution is 9.10. The molecule has 0 spiro atoms. The predicted molar refractivity (Wildman–Crippen MR) is 85.9 cm³/mol. The molecule has 0 radical (unpaired) electrons. The Bertz CT molecular complexity index is 599. The van der Waals surface area contributed by atoms with E-state index in [1.54, 1.807) is 4.90 Å². The van der Waals surface area contributed by atoms with Crippen LogP contribution in [0.5, 0.6) is 0 Å². The Hall–Kier alpha value is -1.61. The summed E-state index contributed by atoms with van der Waals surface area (Å²) in [5.41, 5.74) is 3.98. The van der Waals surface area contributed by atoms with Crippen LogP contribution < -0.4 is 0 Å². The van der Waals surface area contributed by atoms with Crippen LogP contribution in [-0.4, -0.2) is 17.9 Å². The molecule has 1 amide bonds. The number of halogens is 1. The molecule has 2 rings (SSSR count). The van der Waals surface area contributed by atoms with Crippen LogP contribution in [0.1, 0.15) is 27.0 Å². The summed E-state index contributed by atoms with van der Waals surface area (Å²) in [6.07, 6.45) is 0. The van der Waals surface area contributed by atoms with Crippen molar-refractivity contribution in [2.24, 2.45) is 0 Å². The second-order valence-corrected chi connectivity index (χ2v) is 5.97. The van der Waals surface area contributed by atoms with Gasteiger partial charge >= 0.3 is 0 Å². The van der Waals surface area contributed by atoms with E-state index in [1.165, 1.54) is 0 Å². The summed E-state index contributed by atoms with van der Waals surface area (Å²) in [6, 6.07) is 14.0. The van der Waals surface area contributed by atoms with Gasteiger partial charge in [0.1, 0.15) is 0 Å². The fourth-order valence-electron chi connectivity index (χ4n) is 2.28. The second kappa shape index (κ2) is 6.23. The zero-order valence-corrected chi connectivity index (χ0v) is 13.6. The van der Waals surface area contributed by atoms with Gasteiger partial charge in [0.15, 0.2) is 0 Å². The summed E-state index contributed by atoms with van der Waals surface area (Å²) in [5, 5.41) is 0. The van der Waals surface area contributed by atoms with E-state index in [2.05, 4.69) is 15.9 Å². The Kier molecular flexibility index (Phi) is 4.61. The summed E-state index contributed by atoms with van der Waals surface area (Å²) in [5.74, 6) is 0.0727. The van der Waals surface area contributed by atoms with Gasteiger partial charge in [0.05, 0.1) is 0 Å². The average molecular weight is 332 g/mol. The molecular formula is C17H18BrNO. The molecule has 0 bridgehead atoms. The third kappa shape index (κ3) is 3.28. The zero-order chi connectivity index (χ0) is 14.7. The summed E-state index contributed by atoms with van der Waals surface area (Å²) < 4.78 is 1.05. The standard InChI is InChI=1S/C17H18BrNO/c1-12-5-4-6-13(2)16(12)17(20)19(3)11-14-7-9-15(18)10-8-14/h4-10H,11H2,1-3H3. The lowest BCUT2D eigenvalue weighted by Gasteiger charge is -2.20. The molecule has 0 aromatic heterocycles. The highest BCUT2D eigenvalue weighted by Gasteiger charge is 2.16. The van der Waals surface area contributed by atoms with Crippen LogP contribution in [0.25, 0.3) is 0 Å². The molecule has 104 valence electrons. The zero-order valence-electron chi connectivity index (χ0n) is 12.0. The van der Waals surface area contributed by atoms with E-state index in [1.807, 2.05) is 63.4 Å². The lowest BCUT2D eigenvalue weighted by molar-refractivity contribution is 0.0783. The topological polar surface area (TPSA) is 20.3 Å². The first-order valence-electron chi connectivity index (χ1n) is 6.55. The molecule has 0 N–H and O–H groups in total. The van der Waals surface area contributed by atoms with E-state index in [4.69, 9.17) is 0 Å². The number of hydrogen-bond donors (Lipinski definition) is 0. The number of nitrogens with zero attached hydrogens (tertiary/aromatic N) is 1. The van der Waals surface area contributed by atoms with Gasteiger partial charge in [-0.1, -0.05) is 46.3 Å². The van der Waals surface area contributed by atoms with E-state index >= 15 is 0 Å². The molecule has 20 heavy (non-hydrogen) atoms. The van der Waals surface area contributed by atoms with E-state index < -0.39 is 0 Å². The number of carbonyl (C=O) groups excluding carboxylic acids is 1. The SMILES string of the molecule is Cc1cccc(C)c1C(=O)N(C)Cc1ccc(Br)cc1. The van der Waals surface area contributed by atoms with Crippen LogP contribution in [-0.2, 0) is 6.54 Å². The van der Waals surface area contributed by atoms with Gasteiger partial charge in [0.25, 0.3) is 5.91 Å². The van der Waals surface area contributed by atoms with Crippen molar-refractivity contribution in [2.45, 2.75) is 20.4 Å². The maximum Gasteiger partial charge on any atom is 0.254 e. The Morgan fingerprint density at radius 2 is 1.60 bits per heavy atom. The third-order valence-corrected chi connectivity index (χ3v) is 3.90. The van der Waals surface area contributed by atoms with E-state index in [9.17, 15) is 4.79 Å². The minimum atomic E-state index is 0.0727. The van der Waals surface area contributed by atoms with Crippen molar-refractivity contribution in [2.75, 3.05) is 7.05 Å². The van der Waals surface area contributed by atoms with Crippen molar-refractivity contribution in [3.8, 4) is 0 Å². The normalized spacial score (nSPS) is 10.4. The van der Waals surface area contributed by atoms with Crippen molar-refractivity contribution >= 4 is 21.8 Å². The van der Waals surface area contributed by atoms with Gasteiger partial charge in [0.2, 0.25) is 0 Å². The summed E-state index contributed by atoms with van der Waals surface area (Å²) in [7, 11) is 1.84. The molecule has 2 aromatic carbocycles. The smallest absolute Gasteiger partial charge is 0.254 e. The first-order chi connectivity index (χ1) is 9.49. The number of amides is 1. The molecule has 0 fully saturated rings. The number of benzene rings is 2. The van der Waals surface area contributed by atoms with E-state index in [0.717, 1.165) is 26.7 Å². The van der Waals surface area contributed by atoms with Crippen LogP contribution in [0.3, 0.4) is 0 Å². The van der Waals surface area contributed by atoms with Crippen molar-refractivity contribution in [1.29, 1.82) is 0 Å². The quantitative estimate of drug-likeness (QED) is 0.819. The Morgan fingerprint density at radius 3 is 2.15 bits per heavy atom. The number of hydrogen-bond acceptors (Lipinski definition) is 1. The maximum atomic E-state index is 12.6. The van der Waals surface area contributed by atoms with Gasteiger partial charge in [-0.15, -0.1) is 0 Å². The summed E-state index contributed by atoms with van der Waals surface area (Å²) >= 11 is 3.42. The summed E-state index contributed by atoms with van der Waals surface area (Å²) in [4.78, 5) is 14.3. The number of aryl methyl sites for hydroxylation is 2. The van der Waals surface area contributed by atoms with Gasteiger partial charge < -0.3 is 4.90 Å². The molecule has 0 aliphatic rings. The predicted octanol–water partition coefficient (Wildman–Crippen LogP) is 4.34. The van der Waals surface area contributed by atoms with Crippen LogP contribution >= 0.6 is 15.9 Å². The monoisotopic (exact) mass is 331 g/mol. The van der Waals surface area contributed by atoms with E-state index in [0.29, 0.717) is 6.54 Å². The third-order valence-electron chi connectivity index (χ3n) is 3.37. The minimum absolute atomic E-state index is 0.0727. The van der Waals surface area contributed by atoms with Crippen molar-refractivity contribution < 1.29 is 4.79 Å². The molecule has 0 unspecified atom stereocenters.